The molecule has 6 nitrogen and oxygen atoms in total. The maximum atomic E-state index is 12.9. The Morgan fingerprint density at radius 1 is 1.12 bits per heavy atom. The highest BCUT2D eigenvalue weighted by atomic mass is 35.5. The van der Waals surface area contributed by atoms with Crippen LogP contribution in [-0.4, -0.2) is 71.6 Å². The van der Waals surface area contributed by atoms with E-state index < -0.39 is 0 Å². The molecular formula is C26H38ClN3O3. The number of hydrogen-bond donors (Lipinski definition) is 0. The van der Waals surface area contributed by atoms with Gasteiger partial charge in [0.05, 0.1) is 0 Å². The van der Waals surface area contributed by atoms with E-state index in [0.29, 0.717) is 30.3 Å². The molecule has 182 valence electrons. The third-order valence-corrected chi connectivity index (χ3v) is 7.55. The smallest absolute Gasteiger partial charge is 0.226 e. The molecule has 0 bridgehead atoms. The van der Waals surface area contributed by atoms with Crippen molar-refractivity contribution in [2.45, 2.75) is 71.9 Å². The molecule has 7 heteroatoms. The average Bonchev–Trinajstić information content (AvgIpc) is 3.30. The fraction of sp³-hybridized carbons (Fsp3) is 0.654. The van der Waals surface area contributed by atoms with Gasteiger partial charge in [0, 0.05) is 76.5 Å². The largest absolute Gasteiger partial charge is 0.346 e. The molecule has 33 heavy (non-hydrogen) atoms. The maximum absolute atomic E-state index is 12.9. The van der Waals surface area contributed by atoms with Crippen LogP contribution in [0.4, 0.5) is 0 Å². The summed E-state index contributed by atoms with van der Waals surface area (Å²) in [6.45, 7) is 9.36. The topological polar surface area (TPSA) is 60.9 Å². The minimum atomic E-state index is -0.0386. The lowest BCUT2D eigenvalue weighted by molar-refractivity contribution is -0.140. The zero-order valence-corrected chi connectivity index (χ0v) is 21.3. The highest BCUT2D eigenvalue weighted by molar-refractivity contribution is 6.30. The van der Waals surface area contributed by atoms with Gasteiger partial charge in [-0.05, 0) is 55.5 Å². The Morgan fingerprint density at radius 2 is 1.79 bits per heavy atom. The Kier molecular flexibility index (Phi) is 8.94. The van der Waals surface area contributed by atoms with Crippen molar-refractivity contribution < 1.29 is 14.4 Å². The van der Waals surface area contributed by atoms with E-state index in [1.54, 1.807) is 11.9 Å². The van der Waals surface area contributed by atoms with Gasteiger partial charge in [0.2, 0.25) is 11.8 Å². The van der Waals surface area contributed by atoms with Crippen LogP contribution < -0.4 is 0 Å². The summed E-state index contributed by atoms with van der Waals surface area (Å²) in [6.07, 6.45) is 5.10. The number of rotatable bonds is 8. The molecule has 2 amide bonds. The normalized spacial score (nSPS) is 19.7. The number of halogens is 1. The molecule has 1 atom stereocenters. The van der Waals surface area contributed by atoms with E-state index in [4.69, 9.17) is 11.6 Å². The van der Waals surface area contributed by atoms with Crippen molar-refractivity contribution in [2.24, 2.45) is 5.92 Å². The molecule has 0 spiro atoms. The number of hydrogen-bond acceptors (Lipinski definition) is 4. The van der Waals surface area contributed by atoms with E-state index in [1.807, 2.05) is 12.1 Å². The summed E-state index contributed by atoms with van der Waals surface area (Å²) < 4.78 is 0. The first-order valence-electron chi connectivity index (χ1n) is 12.2. The number of carbonyl (C=O) groups excluding carboxylic acids is 3. The van der Waals surface area contributed by atoms with E-state index in [-0.39, 0.29) is 23.7 Å². The van der Waals surface area contributed by atoms with Gasteiger partial charge in [-0.25, -0.2) is 0 Å². The van der Waals surface area contributed by atoms with Gasteiger partial charge in [-0.15, -0.1) is 0 Å². The van der Waals surface area contributed by atoms with Gasteiger partial charge < -0.3 is 9.80 Å². The second-order valence-electron chi connectivity index (χ2n) is 9.85. The second-order valence-corrected chi connectivity index (χ2v) is 10.3. The lowest BCUT2D eigenvalue weighted by atomic mass is 9.96. The first kappa shape index (κ1) is 25.7. The summed E-state index contributed by atoms with van der Waals surface area (Å²) in [5.74, 6) is 0.634. The molecule has 1 saturated carbocycles. The molecule has 1 saturated heterocycles. The number of nitrogens with zero attached hydrogens (tertiary/aromatic N) is 3. The van der Waals surface area contributed by atoms with Crippen LogP contribution in [0.2, 0.25) is 5.02 Å². The van der Waals surface area contributed by atoms with Gasteiger partial charge in [0.1, 0.15) is 5.78 Å². The summed E-state index contributed by atoms with van der Waals surface area (Å²) in [5.41, 5.74) is 3.19. The van der Waals surface area contributed by atoms with E-state index >= 15 is 0 Å². The Hall–Kier alpha value is -1.92. The Morgan fingerprint density at radius 3 is 2.42 bits per heavy atom. The lowest BCUT2D eigenvalue weighted by Gasteiger charge is -2.41. The second kappa shape index (κ2) is 11.5. The van der Waals surface area contributed by atoms with Crippen LogP contribution in [0.15, 0.2) is 12.1 Å². The Bertz CT molecular complexity index is 882. The van der Waals surface area contributed by atoms with Crippen molar-refractivity contribution >= 4 is 29.2 Å². The van der Waals surface area contributed by atoms with Crippen LogP contribution in [0.5, 0.6) is 0 Å². The van der Waals surface area contributed by atoms with Crippen LogP contribution in [0.1, 0.15) is 62.6 Å². The number of ketones is 1. The number of piperazine rings is 1. The molecule has 3 rings (SSSR count). The van der Waals surface area contributed by atoms with Gasteiger partial charge in [-0.2, -0.15) is 0 Å². The van der Waals surface area contributed by atoms with Gasteiger partial charge in [0.15, 0.2) is 0 Å². The summed E-state index contributed by atoms with van der Waals surface area (Å²) in [5, 5.41) is 0.641. The predicted octanol–water partition coefficient (Wildman–Crippen LogP) is 3.85. The fourth-order valence-electron chi connectivity index (χ4n) is 5.05. The summed E-state index contributed by atoms with van der Waals surface area (Å²) in [6, 6.07) is 4.08. The van der Waals surface area contributed by atoms with Gasteiger partial charge in [-0.1, -0.05) is 24.4 Å². The highest BCUT2D eigenvalue weighted by Gasteiger charge is 2.33. The van der Waals surface area contributed by atoms with Crippen LogP contribution >= 0.6 is 11.6 Å². The molecule has 1 aromatic carbocycles. The van der Waals surface area contributed by atoms with Crippen LogP contribution in [0.3, 0.4) is 0 Å². The zero-order valence-electron chi connectivity index (χ0n) is 20.5. The quantitative estimate of drug-likeness (QED) is 0.573. The summed E-state index contributed by atoms with van der Waals surface area (Å²) >= 11 is 6.42. The van der Waals surface area contributed by atoms with Crippen molar-refractivity contribution in [3.63, 3.8) is 0 Å². The first-order chi connectivity index (χ1) is 15.7. The van der Waals surface area contributed by atoms with E-state index in [0.717, 1.165) is 55.7 Å². The van der Waals surface area contributed by atoms with Crippen molar-refractivity contribution in [3.8, 4) is 0 Å². The average molecular weight is 476 g/mol. The van der Waals surface area contributed by atoms with E-state index in [9.17, 15) is 14.4 Å². The molecule has 1 aromatic rings. The molecule has 1 aliphatic heterocycles. The van der Waals surface area contributed by atoms with Crippen molar-refractivity contribution in [1.82, 2.24) is 14.7 Å². The lowest BCUT2D eigenvalue weighted by Crippen LogP contribution is -2.54. The predicted molar refractivity (Wildman–Crippen MR) is 131 cm³/mol. The van der Waals surface area contributed by atoms with Crippen LogP contribution in [0.25, 0.3) is 0 Å². The molecule has 1 heterocycles. The van der Waals surface area contributed by atoms with Crippen molar-refractivity contribution in [3.05, 3.63) is 33.8 Å². The Balaban J connectivity index is 1.60. The zero-order chi connectivity index (χ0) is 24.1. The van der Waals surface area contributed by atoms with E-state index in [2.05, 4.69) is 23.6 Å². The molecular weight excluding hydrogens is 438 g/mol. The van der Waals surface area contributed by atoms with Crippen molar-refractivity contribution in [1.29, 1.82) is 0 Å². The third-order valence-electron chi connectivity index (χ3n) is 7.33. The number of benzene rings is 1. The minimum absolute atomic E-state index is 0.0386. The first-order valence-corrected chi connectivity index (χ1v) is 12.6. The molecule has 2 fully saturated rings. The minimum Gasteiger partial charge on any atom is -0.346 e. The Labute approximate surface area is 203 Å². The van der Waals surface area contributed by atoms with E-state index in [1.165, 1.54) is 19.8 Å². The van der Waals surface area contributed by atoms with Crippen molar-refractivity contribution in [2.75, 3.05) is 33.2 Å². The van der Waals surface area contributed by atoms with Crippen LogP contribution in [-0.2, 0) is 27.3 Å². The maximum Gasteiger partial charge on any atom is 0.226 e. The van der Waals surface area contributed by atoms with Crippen LogP contribution in [0, 0.1) is 12.8 Å². The van der Waals surface area contributed by atoms with Gasteiger partial charge >= 0.3 is 0 Å². The standard InChI is InChI=1S/C26H38ClN3O3/c1-18-16-29(11-12-30(18)26(33)21-7-5-6-8-21)17-23-14-24(27)13-22(19(23)2)15-25(32)9-10-28(4)20(3)31/h13-14,18,21H,5-12,15-17H2,1-4H3/t18-/m0/s1. The molecule has 1 aliphatic carbocycles. The molecule has 2 aliphatic rings. The van der Waals surface area contributed by atoms with Gasteiger partial charge in [-0.3, -0.25) is 19.3 Å². The number of amides is 2. The SMILES string of the molecule is CC(=O)N(C)CCC(=O)Cc1cc(Cl)cc(CN2CCN(C(=O)C3CCCC3)[C@@H](C)C2)c1C. The molecule has 0 radical (unpaired) electrons. The monoisotopic (exact) mass is 475 g/mol. The third kappa shape index (κ3) is 6.80. The molecule has 0 unspecified atom stereocenters. The molecule has 0 N–H and O–H groups in total. The molecule has 0 aromatic heterocycles. The summed E-state index contributed by atoms with van der Waals surface area (Å²) in [4.78, 5) is 42.8. The number of carbonyl (C=O) groups is 3. The summed E-state index contributed by atoms with van der Waals surface area (Å²) in [7, 11) is 1.71. The highest BCUT2D eigenvalue weighted by Crippen LogP contribution is 2.29. The number of Topliss-reactive ketones (excluding diaryl/α,β-unsaturated/α-hetero) is 1. The van der Waals surface area contributed by atoms with Gasteiger partial charge in [0.25, 0.3) is 0 Å². The fourth-order valence-corrected chi connectivity index (χ4v) is 5.31.